The quantitative estimate of drug-likeness (QED) is 0.146. The van der Waals surface area contributed by atoms with E-state index in [-0.39, 0.29) is 11.7 Å². The maximum Gasteiger partial charge on any atom is 0.323 e. The minimum absolute atomic E-state index is 0.0434. The smallest absolute Gasteiger partial charge is 0.323 e. The van der Waals surface area contributed by atoms with E-state index in [9.17, 15) is 14.0 Å². The first kappa shape index (κ1) is 30.2. The van der Waals surface area contributed by atoms with Crippen LogP contribution in [0.5, 0.6) is 0 Å². The fourth-order valence-corrected chi connectivity index (χ4v) is 4.84. The van der Waals surface area contributed by atoms with E-state index in [1.165, 1.54) is 29.8 Å². The van der Waals surface area contributed by atoms with Gasteiger partial charge >= 0.3 is 6.03 Å². The summed E-state index contributed by atoms with van der Waals surface area (Å²) in [6.07, 6.45) is 0.310. The minimum atomic E-state index is -0.397. The Balaban J connectivity index is 1.19. The Bertz CT molecular complexity index is 1550. The Kier molecular flexibility index (Phi) is 10.1. The van der Waals surface area contributed by atoms with Gasteiger partial charge in [0.2, 0.25) is 5.91 Å². The van der Waals surface area contributed by atoms with Crippen molar-refractivity contribution in [2.45, 2.75) is 33.0 Å². The molecule has 0 atom stereocenters. The molecule has 0 unspecified atom stereocenters. The average molecular weight is 587 g/mol. The number of halogens is 1. The maximum atomic E-state index is 13.1. The lowest BCUT2D eigenvalue weighted by Gasteiger charge is -2.23. The van der Waals surface area contributed by atoms with Gasteiger partial charge in [0.1, 0.15) is 5.82 Å². The first-order valence-corrected chi connectivity index (χ1v) is 14.5. The van der Waals surface area contributed by atoms with Gasteiger partial charge in [-0.05, 0) is 77.7 Å². The van der Waals surface area contributed by atoms with E-state index in [0.29, 0.717) is 24.3 Å². The van der Waals surface area contributed by atoms with Gasteiger partial charge in [-0.1, -0.05) is 84.4 Å². The van der Waals surface area contributed by atoms with E-state index in [2.05, 4.69) is 45.1 Å². The van der Waals surface area contributed by atoms with E-state index in [0.717, 1.165) is 41.0 Å². The topological polar surface area (TPSA) is 73.5 Å². The zero-order valence-electron chi connectivity index (χ0n) is 24.6. The van der Waals surface area contributed by atoms with Crippen LogP contribution in [0.2, 0.25) is 0 Å². The largest absolute Gasteiger partial charge is 0.326 e. The highest BCUT2D eigenvalue weighted by atomic mass is 19.1. The molecule has 0 bridgehead atoms. The number of aryl methyl sites for hydroxylation is 1. The second-order valence-corrected chi connectivity index (χ2v) is 10.8. The monoisotopic (exact) mass is 586 g/mol. The van der Waals surface area contributed by atoms with Crippen LogP contribution in [0.3, 0.4) is 0 Å². The zero-order valence-corrected chi connectivity index (χ0v) is 24.6. The first-order valence-electron chi connectivity index (χ1n) is 14.5. The van der Waals surface area contributed by atoms with Gasteiger partial charge in [-0.25, -0.2) is 9.18 Å². The molecule has 222 valence electrons. The maximum absolute atomic E-state index is 13.1. The van der Waals surface area contributed by atoms with Crippen molar-refractivity contribution >= 4 is 29.0 Å². The summed E-state index contributed by atoms with van der Waals surface area (Å²) in [5.74, 6) is -0.401. The molecule has 0 fully saturated rings. The average Bonchev–Trinajstić information content (AvgIpc) is 3.02. The second kappa shape index (κ2) is 14.8. The van der Waals surface area contributed by atoms with Crippen molar-refractivity contribution in [3.05, 3.63) is 161 Å². The van der Waals surface area contributed by atoms with Crippen LogP contribution >= 0.6 is 0 Å². The van der Waals surface area contributed by atoms with E-state index in [1.807, 2.05) is 85.8 Å². The van der Waals surface area contributed by atoms with Crippen LogP contribution in [0, 0.1) is 12.7 Å². The molecule has 0 heterocycles. The molecule has 0 saturated heterocycles. The highest BCUT2D eigenvalue weighted by Gasteiger charge is 2.11. The number of carbonyl (C=O) groups is 2. The summed E-state index contributed by atoms with van der Waals surface area (Å²) in [4.78, 5) is 27.3. The van der Waals surface area contributed by atoms with Gasteiger partial charge < -0.3 is 16.0 Å². The summed E-state index contributed by atoms with van der Waals surface area (Å²) in [5, 5.41) is 8.47. The third kappa shape index (κ3) is 9.37. The number of carbonyl (C=O) groups excluding carboxylic acids is 2. The number of rotatable bonds is 11. The molecule has 3 amide bonds. The van der Waals surface area contributed by atoms with Crippen molar-refractivity contribution in [1.82, 2.24) is 4.90 Å². The van der Waals surface area contributed by atoms with Crippen molar-refractivity contribution in [3.63, 3.8) is 0 Å². The van der Waals surface area contributed by atoms with Crippen LogP contribution in [-0.4, -0.2) is 16.8 Å². The van der Waals surface area contributed by atoms with E-state index < -0.39 is 6.03 Å². The predicted molar refractivity (Wildman–Crippen MR) is 175 cm³/mol. The van der Waals surface area contributed by atoms with Crippen molar-refractivity contribution in [3.8, 4) is 0 Å². The number of hydrogen-bond acceptors (Lipinski definition) is 3. The fraction of sp³-hybridized carbons (Fsp3) is 0.135. The third-order valence-corrected chi connectivity index (χ3v) is 7.10. The molecule has 0 aliphatic rings. The van der Waals surface area contributed by atoms with E-state index in [1.54, 1.807) is 0 Å². The van der Waals surface area contributed by atoms with Gasteiger partial charge in [-0.2, -0.15) is 0 Å². The van der Waals surface area contributed by atoms with Crippen LogP contribution in [-0.2, 0) is 30.8 Å². The normalized spacial score (nSPS) is 10.8. The summed E-state index contributed by atoms with van der Waals surface area (Å²) in [6.45, 7) is 4.22. The van der Waals surface area contributed by atoms with Crippen LogP contribution in [0.4, 0.5) is 26.2 Å². The Morgan fingerprint density at radius 1 is 0.545 bits per heavy atom. The summed E-state index contributed by atoms with van der Waals surface area (Å²) >= 11 is 0. The zero-order chi connectivity index (χ0) is 30.7. The van der Waals surface area contributed by atoms with Crippen LogP contribution in [0.15, 0.2) is 127 Å². The molecule has 3 N–H and O–H groups in total. The summed E-state index contributed by atoms with van der Waals surface area (Å²) in [5.41, 5.74) is 7.55. The second-order valence-electron chi connectivity index (χ2n) is 10.8. The third-order valence-electron chi connectivity index (χ3n) is 7.10. The van der Waals surface area contributed by atoms with Crippen molar-refractivity contribution in [2.24, 2.45) is 0 Å². The SMILES string of the molecule is Cc1ccc(NC(=O)Cc2ccc(CN(Cc3ccccc3)Cc3ccc(NC(=O)Nc4ccc(F)cc4)cc3)cc2)cc1. The molecule has 0 aliphatic heterocycles. The first-order chi connectivity index (χ1) is 21.4. The molecule has 7 heteroatoms. The molecular weight excluding hydrogens is 551 g/mol. The van der Waals surface area contributed by atoms with E-state index in [4.69, 9.17) is 0 Å². The molecule has 5 aromatic rings. The van der Waals surface area contributed by atoms with Crippen molar-refractivity contribution < 1.29 is 14.0 Å². The highest BCUT2D eigenvalue weighted by Crippen LogP contribution is 2.18. The number of amides is 3. The van der Waals surface area contributed by atoms with Crippen LogP contribution in [0.25, 0.3) is 0 Å². The molecule has 5 aromatic carbocycles. The van der Waals surface area contributed by atoms with Gasteiger partial charge in [0.05, 0.1) is 6.42 Å². The molecule has 0 aromatic heterocycles. The molecule has 0 saturated carbocycles. The number of nitrogens with zero attached hydrogens (tertiary/aromatic N) is 1. The van der Waals surface area contributed by atoms with Gasteiger partial charge in [0, 0.05) is 36.7 Å². The molecule has 0 radical (unpaired) electrons. The van der Waals surface area contributed by atoms with Crippen LogP contribution < -0.4 is 16.0 Å². The highest BCUT2D eigenvalue weighted by molar-refractivity contribution is 5.99. The molecule has 6 nitrogen and oxygen atoms in total. The lowest BCUT2D eigenvalue weighted by Crippen LogP contribution is -2.22. The van der Waals surface area contributed by atoms with Crippen LogP contribution in [0.1, 0.15) is 27.8 Å². The number of anilines is 3. The Hall–Kier alpha value is -5.27. The lowest BCUT2D eigenvalue weighted by atomic mass is 10.1. The summed E-state index contributed by atoms with van der Waals surface area (Å²) < 4.78 is 13.1. The number of urea groups is 1. The Morgan fingerprint density at radius 2 is 0.977 bits per heavy atom. The molecule has 0 spiro atoms. The number of hydrogen-bond donors (Lipinski definition) is 3. The van der Waals surface area contributed by atoms with Gasteiger partial charge in [-0.15, -0.1) is 0 Å². The summed E-state index contributed by atoms with van der Waals surface area (Å²) in [7, 11) is 0. The molecular formula is C37H35FN4O2. The van der Waals surface area contributed by atoms with Gasteiger partial charge in [-0.3, -0.25) is 9.69 Å². The minimum Gasteiger partial charge on any atom is -0.326 e. The van der Waals surface area contributed by atoms with Gasteiger partial charge in [0.25, 0.3) is 0 Å². The summed E-state index contributed by atoms with van der Waals surface area (Å²) in [6, 6.07) is 39.3. The Labute approximate surface area is 257 Å². The number of benzene rings is 5. The fourth-order valence-electron chi connectivity index (χ4n) is 4.84. The molecule has 44 heavy (non-hydrogen) atoms. The number of nitrogens with one attached hydrogen (secondary N) is 3. The lowest BCUT2D eigenvalue weighted by molar-refractivity contribution is -0.115. The van der Waals surface area contributed by atoms with Gasteiger partial charge in [0.15, 0.2) is 0 Å². The molecule has 0 aliphatic carbocycles. The Morgan fingerprint density at radius 3 is 1.55 bits per heavy atom. The van der Waals surface area contributed by atoms with Crippen molar-refractivity contribution in [1.29, 1.82) is 0 Å². The predicted octanol–water partition coefficient (Wildman–Crippen LogP) is 8.16. The molecule has 5 rings (SSSR count). The van der Waals surface area contributed by atoms with E-state index >= 15 is 0 Å². The van der Waals surface area contributed by atoms with Crippen molar-refractivity contribution in [2.75, 3.05) is 16.0 Å². The standard InChI is InChI=1S/C37H35FN4O2/c1-27-7-17-33(18-8-27)39-36(43)23-28-9-11-30(12-10-28)25-42(24-29-5-3-2-4-6-29)26-31-13-19-34(20-14-31)40-37(44)41-35-21-15-32(38)16-22-35/h2-22H,23-26H2,1H3,(H,39,43)(H2,40,41,44).